The number of benzene rings is 1. The van der Waals surface area contributed by atoms with Crippen LogP contribution in [0.25, 0.3) is 0 Å². The van der Waals surface area contributed by atoms with Crippen molar-refractivity contribution in [3.05, 3.63) is 34.9 Å². The van der Waals surface area contributed by atoms with Gasteiger partial charge in [-0.1, -0.05) is 30.7 Å². The monoisotopic (exact) mass is 254 g/mol. The summed E-state index contributed by atoms with van der Waals surface area (Å²) < 4.78 is 0. The Bertz CT molecular complexity index is 339. The first-order valence-corrected chi connectivity index (χ1v) is 6.57. The summed E-state index contributed by atoms with van der Waals surface area (Å²) >= 11 is 6.03. The Morgan fingerprint density at radius 1 is 1.35 bits per heavy atom. The summed E-state index contributed by atoms with van der Waals surface area (Å²) in [6.07, 6.45) is 1.07. The second-order valence-corrected chi connectivity index (χ2v) is 5.28. The number of hydrogen-bond donors (Lipinski definition) is 1. The van der Waals surface area contributed by atoms with Gasteiger partial charge in [0.1, 0.15) is 0 Å². The van der Waals surface area contributed by atoms with Crippen molar-refractivity contribution >= 4 is 11.6 Å². The molecule has 1 rings (SSSR count). The maximum atomic E-state index is 6.03. The fraction of sp³-hybridized carbons (Fsp3) is 0.571. The zero-order valence-electron chi connectivity index (χ0n) is 11.2. The summed E-state index contributed by atoms with van der Waals surface area (Å²) in [4.78, 5) is 2.20. The van der Waals surface area contributed by atoms with E-state index in [1.165, 1.54) is 5.56 Å². The number of likely N-dealkylation sites (N-methyl/N-ethyl adjacent to an activating group) is 1. The molecule has 0 aliphatic carbocycles. The molecule has 3 heteroatoms. The highest BCUT2D eigenvalue weighted by Crippen LogP contribution is 2.20. The molecule has 2 unspecified atom stereocenters. The van der Waals surface area contributed by atoms with Crippen LogP contribution in [0.1, 0.15) is 31.9 Å². The molecule has 0 aliphatic rings. The molecule has 96 valence electrons. The van der Waals surface area contributed by atoms with Crippen LogP contribution in [0.2, 0.25) is 5.02 Å². The molecule has 0 saturated carbocycles. The summed E-state index contributed by atoms with van der Waals surface area (Å²) in [6.45, 7) is 5.45. The minimum absolute atomic E-state index is 0.378. The molecule has 1 aromatic rings. The average molecular weight is 255 g/mol. The molecular formula is C14H23ClN2. The largest absolute Gasteiger partial charge is 0.308 e. The standard InChI is InChI=1S/C14H23ClN2/c1-5-14(16-11(2)10-17(3)4)12-7-6-8-13(15)9-12/h6-9,11,14,16H,5,10H2,1-4H3. The highest BCUT2D eigenvalue weighted by Gasteiger charge is 2.13. The molecule has 2 nitrogen and oxygen atoms in total. The Balaban J connectivity index is 2.65. The van der Waals surface area contributed by atoms with Gasteiger partial charge in [-0.15, -0.1) is 0 Å². The van der Waals surface area contributed by atoms with E-state index in [4.69, 9.17) is 11.6 Å². The van der Waals surface area contributed by atoms with Crippen molar-refractivity contribution in [3.8, 4) is 0 Å². The molecule has 0 fully saturated rings. The first kappa shape index (κ1) is 14.5. The Morgan fingerprint density at radius 2 is 2.06 bits per heavy atom. The van der Waals surface area contributed by atoms with E-state index in [-0.39, 0.29) is 0 Å². The SMILES string of the molecule is CCC(NC(C)CN(C)C)c1cccc(Cl)c1. The van der Waals surface area contributed by atoms with Crippen LogP contribution >= 0.6 is 11.6 Å². The van der Waals surface area contributed by atoms with Crippen molar-refractivity contribution in [1.82, 2.24) is 10.2 Å². The minimum atomic E-state index is 0.378. The number of nitrogens with zero attached hydrogens (tertiary/aromatic N) is 1. The van der Waals surface area contributed by atoms with E-state index in [2.05, 4.69) is 44.2 Å². The summed E-state index contributed by atoms with van der Waals surface area (Å²) in [5, 5.41) is 4.45. The fourth-order valence-corrected chi connectivity index (χ4v) is 2.32. The van der Waals surface area contributed by atoms with Gasteiger partial charge in [-0.25, -0.2) is 0 Å². The predicted octanol–water partition coefficient (Wildman–Crippen LogP) is 3.33. The normalized spacial score (nSPS) is 14.9. The lowest BCUT2D eigenvalue weighted by Gasteiger charge is -2.25. The van der Waals surface area contributed by atoms with E-state index < -0.39 is 0 Å². The molecule has 1 N–H and O–H groups in total. The molecule has 0 aromatic heterocycles. The van der Waals surface area contributed by atoms with Gasteiger partial charge in [0.15, 0.2) is 0 Å². The molecule has 1 aromatic carbocycles. The van der Waals surface area contributed by atoms with E-state index in [9.17, 15) is 0 Å². The quantitative estimate of drug-likeness (QED) is 0.838. The van der Waals surface area contributed by atoms with E-state index in [0.717, 1.165) is 18.0 Å². The van der Waals surface area contributed by atoms with Gasteiger partial charge in [0, 0.05) is 23.7 Å². The molecule has 0 aliphatic heterocycles. The third-order valence-electron chi connectivity index (χ3n) is 2.78. The summed E-state index contributed by atoms with van der Waals surface area (Å²) in [5.41, 5.74) is 1.27. The van der Waals surface area contributed by atoms with Crippen LogP contribution in [0.4, 0.5) is 0 Å². The van der Waals surface area contributed by atoms with Gasteiger partial charge in [0.2, 0.25) is 0 Å². The molecule has 2 atom stereocenters. The fourth-order valence-electron chi connectivity index (χ4n) is 2.12. The molecule has 0 spiro atoms. The van der Waals surface area contributed by atoms with Crippen molar-refractivity contribution in [2.45, 2.75) is 32.4 Å². The Hall–Kier alpha value is -0.570. The van der Waals surface area contributed by atoms with Crippen molar-refractivity contribution in [2.75, 3.05) is 20.6 Å². The third kappa shape index (κ3) is 5.07. The van der Waals surface area contributed by atoms with Gasteiger partial charge in [-0.3, -0.25) is 0 Å². The summed E-state index contributed by atoms with van der Waals surface area (Å²) in [5.74, 6) is 0. The topological polar surface area (TPSA) is 15.3 Å². The summed E-state index contributed by atoms with van der Waals surface area (Å²) in [7, 11) is 4.19. The second-order valence-electron chi connectivity index (χ2n) is 4.85. The maximum Gasteiger partial charge on any atom is 0.0409 e. The van der Waals surface area contributed by atoms with Crippen LogP contribution in [0.5, 0.6) is 0 Å². The van der Waals surface area contributed by atoms with Crippen molar-refractivity contribution < 1.29 is 0 Å². The molecule has 0 saturated heterocycles. The number of nitrogens with one attached hydrogen (secondary N) is 1. The Kier molecular flexibility index (Phi) is 5.96. The van der Waals surface area contributed by atoms with Crippen molar-refractivity contribution in [3.63, 3.8) is 0 Å². The lowest BCUT2D eigenvalue weighted by atomic mass is 10.0. The van der Waals surface area contributed by atoms with Gasteiger partial charge in [-0.2, -0.15) is 0 Å². The molecule has 0 radical (unpaired) electrons. The number of rotatable bonds is 6. The second kappa shape index (κ2) is 7.00. The lowest BCUT2D eigenvalue weighted by Crippen LogP contribution is -2.37. The van der Waals surface area contributed by atoms with Crippen LogP contribution in [-0.2, 0) is 0 Å². The van der Waals surface area contributed by atoms with Crippen LogP contribution in [-0.4, -0.2) is 31.6 Å². The van der Waals surface area contributed by atoms with E-state index >= 15 is 0 Å². The number of halogens is 1. The van der Waals surface area contributed by atoms with Crippen LogP contribution in [0.15, 0.2) is 24.3 Å². The first-order chi connectivity index (χ1) is 8.02. The smallest absolute Gasteiger partial charge is 0.0409 e. The molecule has 0 bridgehead atoms. The predicted molar refractivity (Wildman–Crippen MR) is 75.6 cm³/mol. The molecule has 17 heavy (non-hydrogen) atoms. The van der Waals surface area contributed by atoms with E-state index in [1.54, 1.807) is 0 Å². The van der Waals surface area contributed by atoms with Gasteiger partial charge >= 0.3 is 0 Å². The minimum Gasteiger partial charge on any atom is -0.308 e. The Morgan fingerprint density at radius 3 is 2.59 bits per heavy atom. The van der Waals surface area contributed by atoms with Crippen LogP contribution < -0.4 is 5.32 Å². The van der Waals surface area contributed by atoms with Gasteiger partial charge in [0.05, 0.1) is 0 Å². The van der Waals surface area contributed by atoms with Crippen molar-refractivity contribution in [1.29, 1.82) is 0 Å². The summed E-state index contributed by atoms with van der Waals surface area (Å²) in [6, 6.07) is 8.96. The first-order valence-electron chi connectivity index (χ1n) is 6.19. The zero-order valence-corrected chi connectivity index (χ0v) is 12.0. The van der Waals surface area contributed by atoms with Gasteiger partial charge in [-0.05, 0) is 45.1 Å². The molecule has 0 heterocycles. The van der Waals surface area contributed by atoms with E-state index in [1.807, 2.05) is 18.2 Å². The van der Waals surface area contributed by atoms with Gasteiger partial charge < -0.3 is 10.2 Å². The molecule has 0 amide bonds. The number of hydrogen-bond acceptors (Lipinski definition) is 2. The highest BCUT2D eigenvalue weighted by atomic mass is 35.5. The van der Waals surface area contributed by atoms with Crippen LogP contribution in [0.3, 0.4) is 0 Å². The van der Waals surface area contributed by atoms with Gasteiger partial charge in [0.25, 0.3) is 0 Å². The highest BCUT2D eigenvalue weighted by molar-refractivity contribution is 6.30. The molecular weight excluding hydrogens is 232 g/mol. The lowest BCUT2D eigenvalue weighted by molar-refractivity contribution is 0.326. The maximum absolute atomic E-state index is 6.03. The van der Waals surface area contributed by atoms with Crippen molar-refractivity contribution in [2.24, 2.45) is 0 Å². The van der Waals surface area contributed by atoms with Crippen LogP contribution in [0, 0.1) is 0 Å². The van der Waals surface area contributed by atoms with E-state index in [0.29, 0.717) is 12.1 Å². The third-order valence-corrected chi connectivity index (χ3v) is 3.02. The zero-order chi connectivity index (χ0) is 12.8. The Labute approximate surface area is 110 Å². The average Bonchev–Trinajstić information content (AvgIpc) is 2.24.